The minimum absolute atomic E-state index is 0.185. The SMILES string of the molecule is CCc1ccc(OC)c(C2NCCOC2C)c1. The monoisotopic (exact) mass is 235 g/mol. The fourth-order valence-electron chi connectivity index (χ4n) is 2.33. The molecule has 0 amide bonds. The average Bonchev–Trinajstić information content (AvgIpc) is 2.38. The van der Waals surface area contributed by atoms with E-state index in [0.717, 1.165) is 25.3 Å². The molecule has 2 unspecified atom stereocenters. The molecule has 1 aliphatic heterocycles. The molecule has 17 heavy (non-hydrogen) atoms. The van der Waals surface area contributed by atoms with Crippen molar-refractivity contribution >= 4 is 0 Å². The van der Waals surface area contributed by atoms with Gasteiger partial charge in [-0.25, -0.2) is 0 Å². The van der Waals surface area contributed by atoms with Crippen molar-refractivity contribution in [1.29, 1.82) is 0 Å². The number of ether oxygens (including phenoxy) is 2. The number of hydrogen-bond acceptors (Lipinski definition) is 3. The molecule has 1 fully saturated rings. The molecule has 1 saturated heterocycles. The van der Waals surface area contributed by atoms with Gasteiger partial charge in [-0.15, -0.1) is 0 Å². The van der Waals surface area contributed by atoms with Crippen LogP contribution in [0, 0.1) is 0 Å². The van der Waals surface area contributed by atoms with Gasteiger partial charge in [0.05, 0.1) is 25.9 Å². The van der Waals surface area contributed by atoms with Crippen LogP contribution < -0.4 is 10.1 Å². The van der Waals surface area contributed by atoms with Crippen molar-refractivity contribution < 1.29 is 9.47 Å². The number of benzene rings is 1. The molecule has 1 aromatic carbocycles. The zero-order valence-corrected chi connectivity index (χ0v) is 10.8. The summed E-state index contributed by atoms with van der Waals surface area (Å²) < 4.78 is 11.2. The summed E-state index contributed by atoms with van der Waals surface area (Å²) in [5.41, 5.74) is 2.54. The quantitative estimate of drug-likeness (QED) is 0.872. The summed E-state index contributed by atoms with van der Waals surface area (Å²) in [6, 6.07) is 6.63. The second-order valence-corrected chi connectivity index (χ2v) is 4.44. The first kappa shape index (κ1) is 12.4. The molecule has 0 aromatic heterocycles. The molecule has 1 N–H and O–H groups in total. The lowest BCUT2D eigenvalue weighted by molar-refractivity contribution is 0.00694. The highest BCUT2D eigenvalue weighted by Crippen LogP contribution is 2.30. The van der Waals surface area contributed by atoms with Crippen molar-refractivity contribution in [2.24, 2.45) is 0 Å². The van der Waals surface area contributed by atoms with Gasteiger partial charge in [-0.1, -0.05) is 19.1 Å². The van der Waals surface area contributed by atoms with E-state index in [-0.39, 0.29) is 12.1 Å². The first-order valence-corrected chi connectivity index (χ1v) is 6.28. The van der Waals surface area contributed by atoms with E-state index in [9.17, 15) is 0 Å². The van der Waals surface area contributed by atoms with Gasteiger partial charge in [-0.3, -0.25) is 0 Å². The van der Waals surface area contributed by atoms with Crippen molar-refractivity contribution in [1.82, 2.24) is 5.32 Å². The van der Waals surface area contributed by atoms with Gasteiger partial charge in [0.1, 0.15) is 5.75 Å². The highest BCUT2D eigenvalue weighted by atomic mass is 16.5. The Labute approximate surface area is 103 Å². The van der Waals surface area contributed by atoms with E-state index in [2.05, 4.69) is 37.4 Å². The second-order valence-electron chi connectivity index (χ2n) is 4.44. The Morgan fingerprint density at radius 2 is 2.29 bits per heavy atom. The van der Waals surface area contributed by atoms with Crippen LogP contribution >= 0.6 is 0 Å². The lowest BCUT2D eigenvalue weighted by atomic mass is 9.97. The molecule has 94 valence electrons. The maximum Gasteiger partial charge on any atom is 0.123 e. The third-order valence-electron chi connectivity index (χ3n) is 3.35. The Bertz CT molecular complexity index is 378. The van der Waals surface area contributed by atoms with Crippen LogP contribution in [0.25, 0.3) is 0 Å². The van der Waals surface area contributed by atoms with Crippen LogP contribution in [0.15, 0.2) is 18.2 Å². The lowest BCUT2D eigenvalue weighted by Crippen LogP contribution is -2.40. The topological polar surface area (TPSA) is 30.5 Å². The van der Waals surface area contributed by atoms with E-state index in [4.69, 9.17) is 9.47 Å². The molecular weight excluding hydrogens is 214 g/mol. The minimum Gasteiger partial charge on any atom is -0.496 e. The van der Waals surface area contributed by atoms with E-state index in [1.807, 2.05) is 0 Å². The summed E-state index contributed by atoms with van der Waals surface area (Å²) in [7, 11) is 1.72. The van der Waals surface area contributed by atoms with Crippen molar-refractivity contribution in [3.8, 4) is 5.75 Å². The molecule has 0 spiro atoms. The van der Waals surface area contributed by atoms with Crippen molar-refractivity contribution in [3.63, 3.8) is 0 Å². The number of aryl methyl sites for hydroxylation is 1. The third kappa shape index (κ3) is 2.61. The summed E-state index contributed by atoms with van der Waals surface area (Å²) in [6.07, 6.45) is 1.23. The highest BCUT2D eigenvalue weighted by molar-refractivity contribution is 5.40. The van der Waals surface area contributed by atoms with Crippen molar-refractivity contribution in [3.05, 3.63) is 29.3 Å². The van der Waals surface area contributed by atoms with Crippen LogP contribution in [0.5, 0.6) is 5.75 Å². The molecular formula is C14H21NO2. The smallest absolute Gasteiger partial charge is 0.123 e. The van der Waals surface area contributed by atoms with E-state index in [0.29, 0.717) is 0 Å². The summed E-state index contributed by atoms with van der Waals surface area (Å²) in [5.74, 6) is 0.942. The summed E-state index contributed by atoms with van der Waals surface area (Å²) >= 11 is 0. The highest BCUT2D eigenvalue weighted by Gasteiger charge is 2.25. The normalized spacial score (nSPS) is 24.6. The van der Waals surface area contributed by atoms with Gasteiger partial charge in [-0.05, 0) is 25.0 Å². The molecule has 1 aliphatic rings. The van der Waals surface area contributed by atoms with Crippen LogP contribution in [-0.2, 0) is 11.2 Å². The molecule has 3 nitrogen and oxygen atoms in total. The van der Waals surface area contributed by atoms with Crippen molar-refractivity contribution in [2.75, 3.05) is 20.3 Å². The number of nitrogens with one attached hydrogen (secondary N) is 1. The van der Waals surface area contributed by atoms with Gasteiger partial charge in [0.25, 0.3) is 0 Å². The molecule has 3 heteroatoms. The van der Waals surface area contributed by atoms with Gasteiger partial charge in [-0.2, -0.15) is 0 Å². The second kappa shape index (κ2) is 5.52. The predicted molar refractivity (Wildman–Crippen MR) is 68.5 cm³/mol. The maximum atomic E-state index is 5.70. The lowest BCUT2D eigenvalue weighted by Gasteiger charge is -2.31. The van der Waals surface area contributed by atoms with Crippen LogP contribution in [0.2, 0.25) is 0 Å². The summed E-state index contributed by atoms with van der Waals surface area (Å²) in [4.78, 5) is 0. The minimum atomic E-state index is 0.185. The van der Waals surface area contributed by atoms with Crippen LogP contribution in [0.4, 0.5) is 0 Å². The number of methoxy groups -OCH3 is 1. The van der Waals surface area contributed by atoms with E-state index in [1.165, 1.54) is 11.1 Å². The molecule has 0 aliphatic carbocycles. The van der Waals surface area contributed by atoms with Gasteiger partial charge in [0.2, 0.25) is 0 Å². The summed E-state index contributed by atoms with van der Waals surface area (Å²) in [6.45, 7) is 5.96. The number of rotatable bonds is 3. The van der Waals surface area contributed by atoms with Crippen LogP contribution in [0.3, 0.4) is 0 Å². The fraction of sp³-hybridized carbons (Fsp3) is 0.571. The summed E-state index contributed by atoms with van der Waals surface area (Å²) in [5, 5.41) is 3.51. The first-order valence-electron chi connectivity index (χ1n) is 6.28. The van der Waals surface area contributed by atoms with Crippen LogP contribution in [0.1, 0.15) is 31.0 Å². The Kier molecular flexibility index (Phi) is 4.02. The molecule has 0 bridgehead atoms. The zero-order chi connectivity index (χ0) is 12.3. The number of hydrogen-bond donors (Lipinski definition) is 1. The van der Waals surface area contributed by atoms with Gasteiger partial charge in [0.15, 0.2) is 0 Å². The van der Waals surface area contributed by atoms with E-state index in [1.54, 1.807) is 7.11 Å². The average molecular weight is 235 g/mol. The molecule has 0 radical (unpaired) electrons. The van der Waals surface area contributed by atoms with Crippen LogP contribution in [-0.4, -0.2) is 26.4 Å². The Morgan fingerprint density at radius 3 is 2.94 bits per heavy atom. The van der Waals surface area contributed by atoms with Gasteiger partial charge < -0.3 is 14.8 Å². The standard InChI is InChI=1S/C14H21NO2/c1-4-11-5-6-13(16-3)12(9-11)14-10(2)17-8-7-15-14/h5-6,9-10,14-15H,4,7-8H2,1-3H3. The zero-order valence-electron chi connectivity index (χ0n) is 10.8. The van der Waals surface area contributed by atoms with E-state index < -0.39 is 0 Å². The molecule has 2 atom stereocenters. The molecule has 1 aromatic rings. The van der Waals surface area contributed by atoms with Gasteiger partial charge in [0, 0.05) is 12.1 Å². The van der Waals surface area contributed by atoms with Crippen molar-refractivity contribution in [2.45, 2.75) is 32.4 Å². The molecule has 1 heterocycles. The van der Waals surface area contributed by atoms with E-state index >= 15 is 0 Å². The Morgan fingerprint density at radius 1 is 1.47 bits per heavy atom. The van der Waals surface area contributed by atoms with Gasteiger partial charge >= 0.3 is 0 Å². The first-order chi connectivity index (χ1) is 8.26. The molecule has 2 rings (SSSR count). The maximum absolute atomic E-state index is 5.70. The predicted octanol–water partition coefficient (Wildman–Crippen LogP) is 2.31. The Hall–Kier alpha value is -1.06. The Balaban J connectivity index is 2.33. The number of morpholine rings is 1. The molecule has 0 saturated carbocycles. The fourth-order valence-corrected chi connectivity index (χ4v) is 2.33. The third-order valence-corrected chi connectivity index (χ3v) is 3.35. The largest absolute Gasteiger partial charge is 0.496 e.